The molecule has 1 atom stereocenters. The van der Waals surface area contributed by atoms with E-state index in [-0.39, 0.29) is 0 Å². The number of hydrogen-bond acceptors (Lipinski definition) is 5. The lowest BCUT2D eigenvalue weighted by molar-refractivity contribution is -0.145. The number of ether oxygens (including phenoxy) is 2. The number of carbonyl (C=O) groups is 2. The van der Waals surface area contributed by atoms with Gasteiger partial charge >= 0.3 is 12.1 Å². The number of alkyl carbamates (subject to hydrolysis) is 1. The fourth-order valence-electron chi connectivity index (χ4n) is 1.30. The van der Waals surface area contributed by atoms with Crippen molar-refractivity contribution in [3.05, 3.63) is 0 Å². The average molecular weight is 246 g/mol. The topological polar surface area (TPSA) is 67.9 Å². The van der Waals surface area contributed by atoms with E-state index in [9.17, 15) is 9.59 Å². The van der Waals surface area contributed by atoms with Crippen molar-refractivity contribution in [2.75, 3.05) is 34.4 Å². The Balaban J connectivity index is 4.19. The van der Waals surface area contributed by atoms with Crippen LogP contribution in [0.2, 0.25) is 0 Å². The highest BCUT2D eigenvalue weighted by atomic mass is 16.5. The third-order valence-corrected chi connectivity index (χ3v) is 2.15. The summed E-state index contributed by atoms with van der Waals surface area (Å²) in [5.41, 5.74) is 0. The second-order valence-corrected chi connectivity index (χ2v) is 3.89. The van der Waals surface area contributed by atoms with Crippen LogP contribution < -0.4 is 5.32 Å². The fourth-order valence-corrected chi connectivity index (χ4v) is 1.30. The van der Waals surface area contributed by atoms with Gasteiger partial charge in [0.25, 0.3) is 0 Å². The highest BCUT2D eigenvalue weighted by Crippen LogP contribution is 2.01. The zero-order valence-corrected chi connectivity index (χ0v) is 11.0. The normalized spacial score (nSPS) is 12.1. The van der Waals surface area contributed by atoms with Gasteiger partial charge in [-0.15, -0.1) is 0 Å². The molecule has 0 aromatic heterocycles. The predicted molar refractivity (Wildman–Crippen MR) is 63.7 cm³/mol. The Bertz CT molecular complexity index is 244. The predicted octanol–water partition coefficient (Wildman–Crippen LogP) is 0.616. The van der Waals surface area contributed by atoms with Gasteiger partial charge in [-0.05, 0) is 40.4 Å². The summed E-state index contributed by atoms with van der Waals surface area (Å²) >= 11 is 0. The van der Waals surface area contributed by atoms with Crippen LogP contribution in [-0.4, -0.2) is 57.4 Å². The molecule has 0 aromatic carbocycles. The maximum absolute atomic E-state index is 11.6. The summed E-state index contributed by atoms with van der Waals surface area (Å²) in [6, 6.07) is -0.637. The van der Waals surface area contributed by atoms with E-state index < -0.39 is 18.1 Å². The van der Waals surface area contributed by atoms with Crippen molar-refractivity contribution in [2.24, 2.45) is 0 Å². The van der Waals surface area contributed by atoms with Gasteiger partial charge in [-0.25, -0.2) is 9.59 Å². The number of nitrogens with zero attached hydrogens (tertiary/aromatic N) is 1. The molecule has 0 heterocycles. The highest BCUT2D eigenvalue weighted by Gasteiger charge is 2.21. The van der Waals surface area contributed by atoms with Crippen LogP contribution in [0.3, 0.4) is 0 Å². The maximum Gasteiger partial charge on any atom is 0.407 e. The Hall–Kier alpha value is -1.30. The molecule has 0 fully saturated rings. The van der Waals surface area contributed by atoms with Crippen LogP contribution in [0.1, 0.15) is 19.8 Å². The second kappa shape index (κ2) is 8.81. The second-order valence-electron chi connectivity index (χ2n) is 3.89. The zero-order valence-electron chi connectivity index (χ0n) is 11.0. The molecular formula is C11H22N2O4. The summed E-state index contributed by atoms with van der Waals surface area (Å²) in [7, 11) is 5.16. The van der Waals surface area contributed by atoms with Gasteiger partial charge in [0.2, 0.25) is 0 Å². The molecule has 17 heavy (non-hydrogen) atoms. The van der Waals surface area contributed by atoms with E-state index in [0.717, 1.165) is 13.0 Å². The monoisotopic (exact) mass is 246 g/mol. The number of carbonyl (C=O) groups excluding carboxylic acids is 2. The molecule has 100 valence electrons. The molecular weight excluding hydrogens is 224 g/mol. The summed E-state index contributed by atoms with van der Waals surface area (Å²) in [6.45, 7) is 2.87. The number of esters is 1. The molecule has 6 nitrogen and oxygen atoms in total. The van der Waals surface area contributed by atoms with E-state index in [0.29, 0.717) is 13.0 Å². The minimum absolute atomic E-state index is 0.297. The Morgan fingerprint density at radius 2 is 2.00 bits per heavy atom. The quantitative estimate of drug-likeness (QED) is 0.667. The molecule has 0 spiro atoms. The Morgan fingerprint density at radius 1 is 1.35 bits per heavy atom. The van der Waals surface area contributed by atoms with Crippen molar-refractivity contribution in [2.45, 2.75) is 25.8 Å². The van der Waals surface area contributed by atoms with Gasteiger partial charge < -0.3 is 19.7 Å². The minimum atomic E-state index is -0.637. The van der Waals surface area contributed by atoms with Crippen molar-refractivity contribution in [3.63, 3.8) is 0 Å². The molecule has 1 unspecified atom stereocenters. The van der Waals surface area contributed by atoms with Crippen LogP contribution in [0.4, 0.5) is 4.79 Å². The van der Waals surface area contributed by atoms with Gasteiger partial charge in [0.15, 0.2) is 0 Å². The largest absolute Gasteiger partial charge is 0.464 e. The zero-order chi connectivity index (χ0) is 13.3. The third kappa shape index (κ3) is 7.57. The number of nitrogens with one attached hydrogen (secondary N) is 1. The van der Waals surface area contributed by atoms with E-state index in [1.807, 2.05) is 19.0 Å². The molecule has 0 aromatic rings. The van der Waals surface area contributed by atoms with Gasteiger partial charge in [0.05, 0.1) is 13.7 Å². The lowest BCUT2D eigenvalue weighted by Crippen LogP contribution is -2.42. The molecule has 0 aliphatic heterocycles. The number of methoxy groups -OCH3 is 1. The van der Waals surface area contributed by atoms with Gasteiger partial charge in [-0.3, -0.25) is 0 Å². The minimum Gasteiger partial charge on any atom is -0.464 e. The van der Waals surface area contributed by atoms with E-state index in [1.54, 1.807) is 6.92 Å². The van der Waals surface area contributed by atoms with Gasteiger partial charge in [-0.2, -0.15) is 0 Å². The van der Waals surface area contributed by atoms with Crippen molar-refractivity contribution in [3.8, 4) is 0 Å². The first kappa shape index (κ1) is 15.7. The van der Waals surface area contributed by atoms with Gasteiger partial charge in [0, 0.05) is 0 Å². The standard InChI is InChI=1S/C11H22N2O4/c1-5-17-10(14)9(12-11(15)16-4)7-6-8-13(2)3/h9H,5-8H2,1-4H3,(H,12,15). The fraction of sp³-hybridized carbons (Fsp3) is 0.818. The van der Waals surface area contributed by atoms with Crippen molar-refractivity contribution >= 4 is 12.1 Å². The Labute approximate surface area is 102 Å². The smallest absolute Gasteiger partial charge is 0.407 e. The average Bonchev–Trinajstić information content (AvgIpc) is 2.27. The van der Waals surface area contributed by atoms with Crippen LogP contribution in [-0.2, 0) is 14.3 Å². The summed E-state index contributed by atoms with van der Waals surface area (Å²) < 4.78 is 9.35. The lowest BCUT2D eigenvalue weighted by atomic mass is 10.1. The van der Waals surface area contributed by atoms with E-state index in [2.05, 4.69) is 10.1 Å². The van der Waals surface area contributed by atoms with E-state index in [4.69, 9.17) is 4.74 Å². The third-order valence-electron chi connectivity index (χ3n) is 2.15. The van der Waals surface area contributed by atoms with Crippen LogP contribution in [0.15, 0.2) is 0 Å². The first-order chi connectivity index (χ1) is 8.01. The van der Waals surface area contributed by atoms with Gasteiger partial charge in [0.1, 0.15) is 6.04 Å². The highest BCUT2D eigenvalue weighted by molar-refractivity contribution is 5.81. The molecule has 0 saturated carbocycles. The maximum atomic E-state index is 11.6. The van der Waals surface area contributed by atoms with Crippen LogP contribution in [0, 0.1) is 0 Å². The van der Waals surface area contributed by atoms with Crippen molar-refractivity contribution in [1.82, 2.24) is 10.2 Å². The molecule has 6 heteroatoms. The Morgan fingerprint density at radius 3 is 2.47 bits per heavy atom. The molecule has 0 rings (SSSR count). The van der Waals surface area contributed by atoms with Crippen LogP contribution >= 0.6 is 0 Å². The van der Waals surface area contributed by atoms with Crippen LogP contribution in [0.5, 0.6) is 0 Å². The summed E-state index contributed by atoms with van der Waals surface area (Å²) in [6.07, 6.45) is 0.708. The summed E-state index contributed by atoms with van der Waals surface area (Å²) in [5.74, 6) is -0.420. The van der Waals surface area contributed by atoms with Crippen molar-refractivity contribution in [1.29, 1.82) is 0 Å². The van der Waals surface area contributed by atoms with Crippen molar-refractivity contribution < 1.29 is 19.1 Å². The summed E-state index contributed by atoms with van der Waals surface area (Å²) in [5, 5.41) is 2.47. The van der Waals surface area contributed by atoms with E-state index >= 15 is 0 Å². The molecule has 0 aliphatic rings. The molecule has 0 aliphatic carbocycles. The Kier molecular flexibility index (Phi) is 8.13. The molecule has 1 N–H and O–H groups in total. The first-order valence-electron chi connectivity index (χ1n) is 5.67. The first-order valence-corrected chi connectivity index (χ1v) is 5.67. The summed E-state index contributed by atoms with van der Waals surface area (Å²) in [4.78, 5) is 24.7. The number of rotatable bonds is 7. The molecule has 1 amide bonds. The molecule has 0 radical (unpaired) electrons. The number of amides is 1. The van der Waals surface area contributed by atoms with Crippen LogP contribution in [0.25, 0.3) is 0 Å². The SMILES string of the molecule is CCOC(=O)C(CCCN(C)C)NC(=O)OC. The lowest BCUT2D eigenvalue weighted by Gasteiger charge is -2.17. The van der Waals surface area contributed by atoms with Gasteiger partial charge in [-0.1, -0.05) is 0 Å². The number of hydrogen-bond donors (Lipinski definition) is 1. The molecule has 0 bridgehead atoms. The molecule has 0 saturated heterocycles. The van der Waals surface area contributed by atoms with E-state index in [1.165, 1.54) is 7.11 Å².